The minimum Gasteiger partial charge on any atom is -0.487 e. The molecule has 1 N–H and O–H groups in total. The van der Waals surface area contributed by atoms with Gasteiger partial charge in [0, 0.05) is 11.1 Å². The van der Waals surface area contributed by atoms with Crippen molar-refractivity contribution in [2.24, 2.45) is 17.8 Å². The molecule has 35 heavy (non-hydrogen) atoms. The van der Waals surface area contributed by atoms with E-state index in [2.05, 4.69) is 34.6 Å². The van der Waals surface area contributed by atoms with E-state index in [9.17, 15) is 13.0 Å². The molecule has 0 fully saturated rings. The zero-order valence-corrected chi connectivity index (χ0v) is 24.3. The average Bonchev–Trinajstić information content (AvgIpc) is 2.74. The Balaban J connectivity index is 1.86. The second-order valence-corrected chi connectivity index (χ2v) is 13.0. The van der Waals surface area contributed by atoms with Gasteiger partial charge >= 0.3 is 10.4 Å². The first-order valence-corrected chi connectivity index (χ1v) is 15.1. The number of hydrogen-bond acceptors (Lipinski definition) is 4. The maximum atomic E-state index is 11.3. The number of rotatable bonds is 14. The topological polar surface area (TPSA) is 72.8 Å². The van der Waals surface area contributed by atoms with Gasteiger partial charge in [-0.05, 0) is 82.3 Å². The average molecular weight is 511 g/mol. The van der Waals surface area contributed by atoms with Gasteiger partial charge in [-0.3, -0.25) is 4.55 Å². The van der Waals surface area contributed by atoms with E-state index in [-0.39, 0.29) is 11.4 Å². The van der Waals surface area contributed by atoms with Crippen molar-refractivity contribution >= 4 is 10.4 Å². The summed E-state index contributed by atoms with van der Waals surface area (Å²) in [6, 6.07) is 0. The summed E-state index contributed by atoms with van der Waals surface area (Å²) in [6.45, 7) is 17.2. The lowest BCUT2D eigenvalue weighted by Crippen LogP contribution is -2.37. The molecule has 0 amide bonds. The molecule has 1 aromatic rings. The van der Waals surface area contributed by atoms with Gasteiger partial charge in [-0.25, -0.2) is 0 Å². The van der Waals surface area contributed by atoms with Gasteiger partial charge in [0.05, 0.1) is 0 Å². The minimum absolute atomic E-state index is 0.216. The lowest BCUT2D eigenvalue weighted by molar-refractivity contribution is 0.0512. The fraction of sp³-hybridized carbons (Fsp3) is 0.793. The van der Waals surface area contributed by atoms with E-state index in [1.807, 2.05) is 20.8 Å². The van der Waals surface area contributed by atoms with Crippen molar-refractivity contribution in [3.63, 3.8) is 0 Å². The van der Waals surface area contributed by atoms with Crippen molar-refractivity contribution in [1.29, 1.82) is 0 Å². The summed E-state index contributed by atoms with van der Waals surface area (Å²) in [7, 11) is -4.57. The SMILES string of the molecule is Cc1c(C)c2c(c(C)c1OS(=O)(=O)O)CCC(C)(CCCC(C)CCCC(C)CCCC(C)C)O2. The minimum atomic E-state index is -4.57. The van der Waals surface area contributed by atoms with Crippen LogP contribution in [0.2, 0.25) is 0 Å². The zero-order valence-electron chi connectivity index (χ0n) is 23.5. The van der Waals surface area contributed by atoms with Crippen LogP contribution in [0.3, 0.4) is 0 Å². The Kier molecular flexibility index (Phi) is 11.0. The molecule has 6 heteroatoms. The second-order valence-electron chi connectivity index (χ2n) is 11.9. The van der Waals surface area contributed by atoms with Crippen molar-refractivity contribution in [3.05, 3.63) is 22.3 Å². The first kappa shape index (κ1) is 30.0. The van der Waals surface area contributed by atoms with Crippen LogP contribution in [0.4, 0.5) is 0 Å². The molecule has 3 unspecified atom stereocenters. The molecule has 202 valence electrons. The van der Waals surface area contributed by atoms with Crippen LogP contribution < -0.4 is 8.92 Å². The van der Waals surface area contributed by atoms with Crippen LogP contribution in [-0.2, 0) is 16.8 Å². The van der Waals surface area contributed by atoms with Gasteiger partial charge in [-0.2, -0.15) is 8.42 Å². The molecule has 0 bridgehead atoms. The van der Waals surface area contributed by atoms with Crippen LogP contribution in [-0.4, -0.2) is 18.6 Å². The lowest BCUT2D eigenvalue weighted by Gasteiger charge is -2.38. The molecular weight excluding hydrogens is 460 g/mol. The van der Waals surface area contributed by atoms with E-state index in [0.717, 1.165) is 65.9 Å². The van der Waals surface area contributed by atoms with Gasteiger partial charge in [0.15, 0.2) is 5.75 Å². The fourth-order valence-corrected chi connectivity index (χ4v) is 5.95. The lowest BCUT2D eigenvalue weighted by atomic mass is 9.84. The van der Waals surface area contributed by atoms with E-state index in [1.54, 1.807) is 0 Å². The third-order valence-electron chi connectivity index (χ3n) is 8.03. The van der Waals surface area contributed by atoms with E-state index < -0.39 is 10.4 Å². The van der Waals surface area contributed by atoms with E-state index in [4.69, 9.17) is 8.92 Å². The summed E-state index contributed by atoms with van der Waals surface area (Å²) >= 11 is 0. The fourth-order valence-electron chi connectivity index (χ4n) is 5.49. The van der Waals surface area contributed by atoms with Gasteiger partial charge in [-0.15, -0.1) is 0 Å². The van der Waals surface area contributed by atoms with Crippen molar-refractivity contribution in [2.75, 3.05) is 0 Å². The maximum absolute atomic E-state index is 11.3. The smallest absolute Gasteiger partial charge is 0.446 e. The molecule has 5 nitrogen and oxygen atoms in total. The molecule has 1 aromatic carbocycles. The molecule has 0 aromatic heterocycles. The molecule has 0 spiro atoms. The summed E-state index contributed by atoms with van der Waals surface area (Å²) < 4.78 is 43.3. The predicted molar refractivity (Wildman–Crippen MR) is 145 cm³/mol. The van der Waals surface area contributed by atoms with E-state index in [0.29, 0.717) is 5.56 Å². The van der Waals surface area contributed by atoms with Crippen molar-refractivity contribution < 1.29 is 21.9 Å². The monoisotopic (exact) mass is 510 g/mol. The van der Waals surface area contributed by atoms with Gasteiger partial charge in [0.25, 0.3) is 0 Å². The highest BCUT2D eigenvalue weighted by Gasteiger charge is 2.35. The van der Waals surface area contributed by atoms with Crippen molar-refractivity contribution in [3.8, 4) is 11.5 Å². The summed E-state index contributed by atoms with van der Waals surface area (Å²) in [6.07, 6.45) is 13.2. The Hall–Kier alpha value is -1.27. The molecule has 0 saturated heterocycles. The van der Waals surface area contributed by atoms with Gasteiger partial charge in [0.1, 0.15) is 11.4 Å². The molecule has 0 saturated carbocycles. The molecule has 0 aliphatic carbocycles. The number of fused-ring (bicyclic) bond motifs is 1. The Morgan fingerprint density at radius 2 is 1.43 bits per heavy atom. The first-order chi connectivity index (χ1) is 16.2. The van der Waals surface area contributed by atoms with E-state index >= 15 is 0 Å². The highest BCUT2D eigenvalue weighted by atomic mass is 32.3. The second kappa shape index (κ2) is 12.8. The maximum Gasteiger partial charge on any atom is 0.446 e. The molecule has 1 heterocycles. The third kappa shape index (κ3) is 9.27. The Labute approximate surface area is 215 Å². The van der Waals surface area contributed by atoms with Crippen molar-refractivity contribution in [1.82, 2.24) is 0 Å². The molecule has 0 radical (unpaired) electrons. The van der Waals surface area contributed by atoms with Gasteiger partial charge in [-0.1, -0.05) is 72.6 Å². The van der Waals surface area contributed by atoms with Crippen molar-refractivity contribution in [2.45, 2.75) is 132 Å². The Bertz CT molecular complexity index is 937. The Morgan fingerprint density at radius 3 is 1.97 bits per heavy atom. The van der Waals surface area contributed by atoms with Crippen LogP contribution in [0.5, 0.6) is 11.5 Å². The standard InChI is InChI=1S/C29H50O5S/c1-20(2)12-9-13-21(3)14-10-15-22(4)16-11-18-29(8)19-17-26-25(7)27(34-35(30,31)32)23(5)24(6)28(26)33-29/h20-22H,9-19H2,1-8H3,(H,30,31,32). The summed E-state index contributed by atoms with van der Waals surface area (Å²) in [4.78, 5) is 0. The number of ether oxygens (including phenoxy) is 1. The number of benzene rings is 1. The zero-order chi connectivity index (χ0) is 26.4. The third-order valence-corrected chi connectivity index (χ3v) is 8.40. The molecule has 3 atom stereocenters. The summed E-state index contributed by atoms with van der Waals surface area (Å²) in [5, 5.41) is 0. The van der Waals surface area contributed by atoms with Crippen LogP contribution in [0.15, 0.2) is 0 Å². The van der Waals surface area contributed by atoms with Crippen LogP contribution in [0.25, 0.3) is 0 Å². The highest BCUT2D eigenvalue weighted by molar-refractivity contribution is 7.81. The van der Waals surface area contributed by atoms with Gasteiger partial charge < -0.3 is 8.92 Å². The van der Waals surface area contributed by atoms with Crippen LogP contribution >= 0.6 is 0 Å². The highest BCUT2D eigenvalue weighted by Crippen LogP contribution is 2.45. The Morgan fingerprint density at radius 1 is 0.886 bits per heavy atom. The van der Waals surface area contributed by atoms with E-state index in [1.165, 1.54) is 44.9 Å². The molecule has 2 rings (SSSR count). The van der Waals surface area contributed by atoms with Gasteiger partial charge in [0.2, 0.25) is 0 Å². The largest absolute Gasteiger partial charge is 0.487 e. The first-order valence-electron chi connectivity index (χ1n) is 13.7. The van der Waals surface area contributed by atoms with Crippen LogP contribution in [0, 0.1) is 38.5 Å². The molecule has 1 aliphatic heterocycles. The summed E-state index contributed by atoms with van der Waals surface area (Å²) in [5.41, 5.74) is 3.07. The molecule has 1 aliphatic rings. The quantitative estimate of drug-likeness (QED) is 0.255. The summed E-state index contributed by atoms with van der Waals surface area (Å²) in [5.74, 6) is 3.48. The van der Waals surface area contributed by atoms with Crippen LogP contribution in [0.1, 0.15) is 121 Å². The molecular formula is C29H50O5S. The normalized spacial score (nSPS) is 19.8. The predicted octanol–water partition coefficient (Wildman–Crippen LogP) is 8.32. The number of hydrogen-bond donors (Lipinski definition) is 1.